The second kappa shape index (κ2) is 12.1. The largest absolute Gasteiger partial charge is 0.411 e. The summed E-state index contributed by atoms with van der Waals surface area (Å²) in [7, 11) is -3.16. The van der Waals surface area contributed by atoms with Crippen molar-refractivity contribution in [2.75, 3.05) is 37.3 Å². The number of aryl methyl sites for hydroxylation is 1. The molecule has 0 bridgehead atoms. The Labute approximate surface area is 215 Å². The van der Waals surface area contributed by atoms with Crippen LogP contribution in [-0.4, -0.2) is 56.1 Å². The molecule has 2 aromatic carbocycles. The minimum absolute atomic E-state index is 0.0482. The van der Waals surface area contributed by atoms with Gasteiger partial charge in [-0.2, -0.15) is 4.31 Å². The molecule has 0 aliphatic carbocycles. The van der Waals surface area contributed by atoms with Gasteiger partial charge in [-0.1, -0.05) is 60.3 Å². The maximum atomic E-state index is 11.8. The molecule has 1 atom stereocenters. The van der Waals surface area contributed by atoms with Crippen LogP contribution in [-0.2, 0) is 10.0 Å². The highest BCUT2D eigenvalue weighted by atomic mass is 32.2. The SMILES string of the molecule is C=C/C=C(\C=C(\C)N)C(/C[C@H](c1ccc(N2CCN(S(C)(=O)=O)CC2)cc1)c1ccccc1C)=N/O. The van der Waals surface area contributed by atoms with Gasteiger partial charge in [0, 0.05) is 55.5 Å². The number of benzene rings is 2. The second-order valence-corrected chi connectivity index (χ2v) is 11.1. The Morgan fingerprint density at radius 3 is 2.31 bits per heavy atom. The number of oxime groups is 1. The zero-order valence-corrected chi connectivity index (χ0v) is 22.1. The summed E-state index contributed by atoms with van der Waals surface area (Å²) in [6.07, 6.45) is 6.95. The standard InChI is InChI=1S/C28H36N4O3S/c1-5-8-24(19-22(3)29)28(30-33)20-27(26-10-7-6-9-21(26)2)23-11-13-25(14-12-23)31-15-17-32(18-16-31)36(4,34)35/h5-14,19,27,33H,1,15-18,20,29H2,2-4H3/b22-19-,24-8+,30-28+/t27-/m1/s1. The molecule has 7 nitrogen and oxygen atoms in total. The third-order valence-corrected chi connectivity index (χ3v) is 7.77. The molecule has 0 unspecified atom stereocenters. The Balaban J connectivity index is 1.91. The smallest absolute Gasteiger partial charge is 0.211 e. The molecule has 2 aromatic rings. The molecule has 1 aliphatic heterocycles. The van der Waals surface area contributed by atoms with Crippen molar-refractivity contribution in [3.63, 3.8) is 0 Å². The number of nitrogens with zero attached hydrogens (tertiary/aromatic N) is 3. The van der Waals surface area contributed by atoms with Gasteiger partial charge in [-0.15, -0.1) is 0 Å². The third-order valence-electron chi connectivity index (χ3n) is 6.46. The summed E-state index contributed by atoms with van der Waals surface area (Å²) >= 11 is 0. The van der Waals surface area contributed by atoms with Crippen molar-refractivity contribution in [1.29, 1.82) is 0 Å². The van der Waals surface area contributed by atoms with Crippen LogP contribution in [0.5, 0.6) is 0 Å². The van der Waals surface area contributed by atoms with Crippen LogP contribution in [0.1, 0.15) is 36.0 Å². The van der Waals surface area contributed by atoms with E-state index in [9.17, 15) is 13.6 Å². The maximum absolute atomic E-state index is 11.8. The molecule has 1 saturated heterocycles. The molecule has 1 aliphatic rings. The highest BCUT2D eigenvalue weighted by Crippen LogP contribution is 2.33. The van der Waals surface area contributed by atoms with E-state index in [0.29, 0.717) is 49.6 Å². The summed E-state index contributed by atoms with van der Waals surface area (Å²) in [5.74, 6) is -0.0482. The number of allylic oxidation sites excluding steroid dienone is 5. The van der Waals surface area contributed by atoms with Crippen molar-refractivity contribution < 1.29 is 13.6 Å². The van der Waals surface area contributed by atoms with Crippen molar-refractivity contribution in [2.24, 2.45) is 10.9 Å². The fourth-order valence-electron chi connectivity index (χ4n) is 4.59. The van der Waals surface area contributed by atoms with Crippen LogP contribution in [0.2, 0.25) is 0 Å². The molecular weight excluding hydrogens is 472 g/mol. The Bertz CT molecular complexity index is 1250. The zero-order chi connectivity index (χ0) is 26.3. The quantitative estimate of drug-likeness (QED) is 0.226. The summed E-state index contributed by atoms with van der Waals surface area (Å²) in [5.41, 5.74) is 12.2. The molecule has 0 saturated carbocycles. The van der Waals surface area contributed by atoms with E-state index < -0.39 is 10.0 Å². The number of hydrogen-bond donors (Lipinski definition) is 2. The summed E-state index contributed by atoms with van der Waals surface area (Å²) in [6, 6.07) is 16.6. The molecule has 36 heavy (non-hydrogen) atoms. The van der Waals surface area contributed by atoms with Crippen LogP contribution >= 0.6 is 0 Å². The molecule has 1 heterocycles. The minimum atomic E-state index is -3.16. The molecule has 0 aromatic heterocycles. The number of hydrogen-bond acceptors (Lipinski definition) is 6. The monoisotopic (exact) mass is 508 g/mol. The zero-order valence-electron chi connectivity index (χ0n) is 21.3. The summed E-state index contributed by atoms with van der Waals surface area (Å²) in [5, 5.41) is 13.6. The van der Waals surface area contributed by atoms with Gasteiger partial charge in [-0.3, -0.25) is 0 Å². The van der Waals surface area contributed by atoms with Gasteiger partial charge < -0.3 is 15.8 Å². The highest BCUT2D eigenvalue weighted by Gasteiger charge is 2.24. The predicted octanol–water partition coefficient (Wildman–Crippen LogP) is 4.40. The summed E-state index contributed by atoms with van der Waals surface area (Å²) in [4.78, 5) is 2.20. The van der Waals surface area contributed by atoms with Gasteiger partial charge in [0.2, 0.25) is 10.0 Å². The van der Waals surface area contributed by atoms with E-state index in [2.05, 4.69) is 60.0 Å². The maximum Gasteiger partial charge on any atom is 0.211 e. The van der Waals surface area contributed by atoms with E-state index >= 15 is 0 Å². The molecule has 0 amide bonds. The van der Waals surface area contributed by atoms with E-state index in [1.54, 1.807) is 25.2 Å². The van der Waals surface area contributed by atoms with Crippen molar-refractivity contribution in [1.82, 2.24) is 4.31 Å². The average molecular weight is 509 g/mol. The molecule has 192 valence electrons. The van der Waals surface area contributed by atoms with Gasteiger partial charge >= 0.3 is 0 Å². The fourth-order valence-corrected chi connectivity index (χ4v) is 5.42. The van der Waals surface area contributed by atoms with E-state index in [1.807, 2.05) is 12.1 Å². The van der Waals surface area contributed by atoms with E-state index in [1.165, 1.54) is 10.6 Å². The minimum Gasteiger partial charge on any atom is -0.411 e. The van der Waals surface area contributed by atoms with Crippen molar-refractivity contribution in [3.8, 4) is 0 Å². The third kappa shape index (κ3) is 6.86. The Morgan fingerprint density at radius 2 is 1.78 bits per heavy atom. The number of nitrogens with two attached hydrogens (primary N) is 1. The first kappa shape index (κ1) is 27.2. The number of rotatable bonds is 9. The number of sulfonamides is 1. The van der Waals surface area contributed by atoms with Gasteiger partial charge in [0.1, 0.15) is 0 Å². The number of anilines is 1. The molecule has 8 heteroatoms. The molecule has 0 radical (unpaired) electrons. The van der Waals surface area contributed by atoms with Gasteiger partial charge in [-0.05, 0) is 48.7 Å². The fraction of sp³-hybridized carbons (Fsp3) is 0.321. The van der Waals surface area contributed by atoms with Gasteiger partial charge in [0.15, 0.2) is 0 Å². The van der Waals surface area contributed by atoms with Crippen molar-refractivity contribution >= 4 is 21.4 Å². The van der Waals surface area contributed by atoms with Gasteiger partial charge in [0.05, 0.1) is 12.0 Å². The number of piperazine rings is 1. The van der Waals surface area contributed by atoms with Gasteiger partial charge in [-0.25, -0.2) is 8.42 Å². The van der Waals surface area contributed by atoms with E-state index in [0.717, 1.165) is 22.4 Å². The molecule has 3 rings (SSSR count). The van der Waals surface area contributed by atoms with Crippen LogP contribution < -0.4 is 10.6 Å². The Morgan fingerprint density at radius 1 is 1.14 bits per heavy atom. The van der Waals surface area contributed by atoms with Crippen molar-refractivity contribution in [2.45, 2.75) is 26.2 Å². The lowest BCUT2D eigenvalue weighted by atomic mass is 9.83. The first-order chi connectivity index (χ1) is 17.1. The molecule has 0 spiro atoms. The Hall–Kier alpha value is -3.36. The van der Waals surface area contributed by atoms with Crippen LogP contribution in [0.4, 0.5) is 5.69 Å². The van der Waals surface area contributed by atoms with E-state index in [4.69, 9.17) is 5.73 Å². The van der Waals surface area contributed by atoms with Crippen LogP contribution in [0.15, 0.2) is 89.8 Å². The highest BCUT2D eigenvalue weighted by molar-refractivity contribution is 7.88. The summed E-state index contributed by atoms with van der Waals surface area (Å²) < 4.78 is 25.2. The first-order valence-electron chi connectivity index (χ1n) is 12.0. The molecule has 3 N–H and O–H groups in total. The van der Waals surface area contributed by atoms with Gasteiger partial charge in [0.25, 0.3) is 0 Å². The Kier molecular flexibility index (Phi) is 9.12. The van der Waals surface area contributed by atoms with Crippen molar-refractivity contribution in [3.05, 3.63) is 101 Å². The summed E-state index contributed by atoms with van der Waals surface area (Å²) in [6.45, 7) is 9.91. The lowest BCUT2D eigenvalue weighted by Crippen LogP contribution is -2.48. The normalized spacial score (nSPS) is 17.2. The molecule has 1 fully saturated rings. The van der Waals surface area contributed by atoms with Crippen LogP contribution in [0.25, 0.3) is 0 Å². The predicted molar refractivity (Wildman–Crippen MR) is 148 cm³/mol. The van der Waals surface area contributed by atoms with E-state index in [-0.39, 0.29) is 5.92 Å². The second-order valence-electron chi connectivity index (χ2n) is 9.15. The first-order valence-corrected chi connectivity index (χ1v) is 13.8. The lowest BCUT2D eigenvalue weighted by Gasteiger charge is -2.35. The lowest BCUT2D eigenvalue weighted by molar-refractivity contribution is 0.317. The van der Waals surface area contributed by atoms with Crippen LogP contribution in [0.3, 0.4) is 0 Å². The average Bonchev–Trinajstić information content (AvgIpc) is 2.85. The topological polar surface area (TPSA) is 99.2 Å². The molecular formula is C28H36N4O3S. The van der Waals surface area contributed by atoms with Crippen LogP contribution in [0, 0.1) is 6.92 Å².